The lowest BCUT2D eigenvalue weighted by molar-refractivity contribution is -0.116. The van der Waals surface area contributed by atoms with Gasteiger partial charge >= 0.3 is 0 Å². The van der Waals surface area contributed by atoms with E-state index in [0.29, 0.717) is 28.3 Å². The van der Waals surface area contributed by atoms with E-state index in [9.17, 15) is 17.6 Å². The third-order valence-corrected chi connectivity index (χ3v) is 6.28. The Balaban J connectivity index is 1.87. The molecule has 27 heavy (non-hydrogen) atoms. The molecule has 0 atom stereocenters. The highest BCUT2D eigenvalue weighted by Gasteiger charge is 2.18. The molecule has 0 fully saturated rings. The summed E-state index contributed by atoms with van der Waals surface area (Å²) in [5.41, 5.74) is 1.31. The fourth-order valence-corrected chi connectivity index (χ4v) is 4.70. The summed E-state index contributed by atoms with van der Waals surface area (Å²) in [4.78, 5) is 15.9. The van der Waals surface area contributed by atoms with E-state index in [1.54, 1.807) is 25.1 Å². The maximum absolute atomic E-state index is 13.5. The Hall–Kier alpha value is -2.52. The van der Waals surface area contributed by atoms with Gasteiger partial charge in [0.15, 0.2) is 5.13 Å². The lowest BCUT2D eigenvalue weighted by atomic mass is 10.2. The van der Waals surface area contributed by atoms with Crippen molar-refractivity contribution in [1.82, 2.24) is 4.98 Å². The molecule has 3 aromatic rings. The van der Waals surface area contributed by atoms with Crippen molar-refractivity contribution in [1.29, 1.82) is 0 Å². The van der Waals surface area contributed by atoms with Crippen molar-refractivity contribution in [2.45, 2.75) is 31.6 Å². The fraction of sp³-hybridized carbons (Fsp3) is 0.222. The molecule has 0 bridgehead atoms. The van der Waals surface area contributed by atoms with Gasteiger partial charge in [-0.3, -0.25) is 9.52 Å². The first-order valence-corrected chi connectivity index (χ1v) is 10.6. The number of sulfonamides is 1. The molecule has 2 N–H and O–H groups in total. The number of amides is 1. The van der Waals surface area contributed by atoms with E-state index in [1.165, 1.54) is 23.5 Å². The molecule has 0 unspecified atom stereocenters. The third kappa shape index (κ3) is 4.42. The van der Waals surface area contributed by atoms with Gasteiger partial charge in [0.1, 0.15) is 5.82 Å². The SMILES string of the molecule is CCCC(=O)Nc1nc2cc(NS(=O)(=O)c3cc(F)ccc3C)ccc2s1. The topological polar surface area (TPSA) is 88.2 Å². The minimum Gasteiger partial charge on any atom is -0.302 e. The number of fused-ring (bicyclic) bond motifs is 1. The number of carbonyl (C=O) groups is 1. The molecule has 0 spiro atoms. The molecule has 0 saturated carbocycles. The summed E-state index contributed by atoms with van der Waals surface area (Å²) in [7, 11) is -3.94. The molecule has 6 nitrogen and oxygen atoms in total. The molecule has 0 saturated heterocycles. The Labute approximate surface area is 160 Å². The zero-order valence-electron chi connectivity index (χ0n) is 14.7. The second-order valence-electron chi connectivity index (χ2n) is 6.02. The van der Waals surface area contributed by atoms with Gasteiger partial charge < -0.3 is 5.32 Å². The van der Waals surface area contributed by atoms with Crippen LogP contribution in [0.5, 0.6) is 0 Å². The van der Waals surface area contributed by atoms with Gasteiger partial charge in [-0.25, -0.2) is 17.8 Å². The van der Waals surface area contributed by atoms with Gasteiger partial charge in [-0.1, -0.05) is 24.3 Å². The number of carbonyl (C=O) groups excluding carboxylic acids is 1. The summed E-state index contributed by atoms with van der Waals surface area (Å²) in [5, 5.41) is 3.19. The summed E-state index contributed by atoms with van der Waals surface area (Å²) in [6.45, 7) is 3.51. The van der Waals surface area contributed by atoms with Gasteiger partial charge in [0.2, 0.25) is 5.91 Å². The Kier molecular flexibility index (Phi) is 5.43. The molecular weight excluding hydrogens is 389 g/mol. The number of hydrogen-bond acceptors (Lipinski definition) is 5. The fourth-order valence-electron chi connectivity index (χ4n) is 2.53. The zero-order valence-corrected chi connectivity index (χ0v) is 16.4. The van der Waals surface area contributed by atoms with Gasteiger partial charge in [-0.2, -0.15) is 0 Å². The number of aromatic nitrogens is 1. The normalized spacial score (nSPS) is 11.5. The van der Waals surface area contributed by atoms with E-state index < -0.39 is 15.8 Å². The largest absolute Gasteiger partial charge is 0.302 e. The Morgan fingerprint density at radius 2 is 2.00 bits per heavy atom. The number of thiazole rings is 1. The summed E-state index contributed by atoms with van der Waals surface area (Å²) in [6, 6.07) is 8.51. The highest BCUT2D eigenvalue weighted by molar-refractivity contribution is 7.92. The van der Waals surface area contributed by atoms with E-state index in [4.69, 9.17) is 0 Å². The van der Waals surface area contributed by atoms with E-state index in [0.717, 1.165) is 17.2 Å². The van der Waals surface area contributed by atoms with Crippen LogP contribution in [-0.4, -0.2) is 19.3 Å². The highest BCUT2D eigenvalue weighted by Crippen LogP contribution is 2.29. The van der Waals surface area contributed by atoms with Gasteiger partial charge in [-0.15, -0.1) is 0 Å². The summed E-state index contributed by atoms with van der Waals surface area (Å²) in [5.74, 6) is -0.734. The maximum Gasteiger partial charge on any atom is 0.262 e. The van der Waals surface area contributed by atoms with Crippen LogP contribution in [0, 0.1) is 12.7 Å². The van der Waals surface area contributed by atoms with Crippen molar-refractivity contribution in [3.8, 4) is 0 Å². The number of nitrogens with one attached hydrogen (secondary N) is 2. The molecule has 142 valence electrons. The number of halogens is 1. The quantitative estimate of drug-likeness (QED) is 0.638. The zero-order chi connectivity index (χ0) is 19.6. The average molecular weight is 407 g/mol. The Morgan fingerprint density at radius 3 is 2.74 bits per heavy atom. The number of aryl methyl sites for hydroxylation is 1. The number of nitrogens with zero attached hydrogens (tertiary/aromatic N) is 1. The summed E-state index contributed by atoms with van der Waals surface area (Å²) in [6.07, 6.45) is 1.15. The van der Waals surface area contributed by atoms with Crippen LogP contribution in [-0.2, 0) is 14.8 Å². The third-order valence-electron chi connectivity index (χ3n) is 3.80. The summed E-state index contributed by atoms with van der Waals surface area (Å²) >= 11 is 1.31. The molecule has 0 radical (unpaired) electrons. The molecule has 2 aromatic carbocycles. The second kappa shape index (κ2) is 7.61. The first-order valence-electron chi connectivity index (χ1n) is 8.28. The molecule has 1 aromatic heterocycles. The predicted octanol–water partition coefficient (Wildman–Crippen LogP) is 4.28. The van der Waals surface area contributed by atoms with Crippen molar-refractivity contribution in [3.63, 3.8) is 0 Å². The Morgan fingerprint density at radius 1 is 1.22 bits per heavy atom. The van der Waals surface area contributed by atoms with Crippen LogP contribution in [0.3, 0.4) is 0 Å². The molecule has 1 amide bonds. The number of benzene rings is 2. The van der Waals surface area contributed by atoms with E-state index >= 15 is 0 Å². The predicted molar refractivity (Wildman–Crippen MR) is 105 cm³/mol. The number of anilines is 2. The van der Waals surface area contributed by atoms with E-state index in [2.05, 4.69) is 15.0 Å². The van der Waals surface area contributed by atoms with Crippen LogP contribution in [0.4, 0.5) is 15.2 Å². The number of rotatable bonds is 6. The molecule has 1 heterocycles. The van der Waals surface area contributed by atoms with Crippen LogP contribution in [0.1, 0.15) is 25.3 Å². The minimum absolute atomic E-state index is 0.112. The molecule has 3 rings (SSSR count). The number of hydrogen-bond donors (Lipinski definition) is 2. The van der Waals surface area contributed by atoms with Gasteiger partial charge in [-0.05, 0) is 49.2 Å². The van der Waals surface area contributed by atoms with Crippen LogP contribution in [0.2, 0.25) is 0 Å². The lowest BCUT2D eigenvalue weighted by Gasteiger charge is -2.10. The van der Waals surface area contributed by atoms with Crippen molar-refractivity contribution in [2.75, 3.05) is 10.0 Å². The van der Waals surface area contributed by atoms with Crippen molar-refractivity contribution in [3.05, 3.63) is 47.8 Å². The summed E-state index contributed by atoms with van der Waals surface area (Å²) < 4.78 is 41.9. The lowest BCUT2D eigenvalue weighted by Crippen LogP contribution is -2.14. The van der Waals surface area contributed by atoms with Gasteiger partial charge in [0, 0.05) is 6.42 Å². The van der Waals surface area contributed by atoms with Crippen molar-refractivity contribution < 1.29 is 17.6 Å². The first-order chi connectivity index (χ1) is 12.8. The van der Waals surface area contributed by atoms with Crippen LogP contribution >= 0.6 is 11.3 Å². The van der Waals surface area contributed by atoms with Crippen LogP contribution in [0.15, 0.2) is 41.3 Å². The van der Waals surface area contributed by atoms with Crippen molar-refractivity contribution in [2.24, 2.45) is 0 Å². The molecule has 0 aliphatic carbocycles. The molecular formula is C18H18FN3O3S2. The Bertz CT molecular complexity index is 1110. The van der Waals surface area contributed by atoms with Gasteiger partial charge in [0.25, 0.3) is 10.0 Å². The van der Waals surface area contributed by atoms with E-state index in [1.807, 2.05) is 6.92 Å². The van der Waals surface area contributed by atoms with Crippen LogP contribution in [0.25, 0.3) is 10.2 Å². The maximum atomic E-state index is 13.5. The average Bonchev–Trinajstić information content (AvgIpc) is 2.98. The monoisotopic (exact) mass is 407 g/mol. The van der Waals surface area contributed by atoms with E-state index in [-0.39, 0.29) is 10.8 Å². The first kappa shape index (κ1) is 19.2. The standard InChI is InChI=1S/C18H18FN3O3S2/c1-3-4-17(23)21-18-20-14-10-13(7-8-15(14)26-18)22-27(24,25)16-9-12(19)6-5-11(16)2/h5-10,22H,3-4H2,1-2H3,(H,20,21,23). The smallest absolute Gasteiger partial charge is 0.262 e. The second-order valence-corrected chi connectivity index (χ2v) is 8.70. The van der Waals surface area contributed by atoms with Crippen LogP contribution < -0.4 is 10.0 Å². The minimum atomic E-state index is -3.94. The van der Waals surface area contributed by atoms with Gasteiger partial charge in [0.05, 0.1) is 20.8 Å². The highest BCUT2D eigenvalue weighted by atomic mass is 32.2. The molecule has 0 aliphatic rings. The van der Waals surface area contributed by atoms with Crippen molar-refractivity contribution >= 4 is 48.3 Å². The molecule has 0 aliphatic heterocycles. The molecule has 9 heteroatoms.